The van der Waals surface area contributed by atoms with Gasteiger partial charge in [0, 0.05) is 43.7 Å². The van der Waals surface area contributed by atoms with Gasteiger partial charge in [0.2, 0.25) is 0 Å². The van der Waals surface area contributed by atoms with Crippen molar-refractivity contribution in [3.05, 3.63) is 30.3 Å². The second-order valence-electron chi connectivity index (χ2n) is 5.55. The molecule has 1 N–H and O–H groups in total. The summed E-state index contributed by atoms with van der Waals surface area (Å²) in [6.45, 7) is 10.3. The Kier molecular flexibility index (Phi) is 9.78. The number of hydrogen-bond acceptors (Lipinski definition) is 3. The summed E-state index contributed by atoms with van der Waals surface area (Å²) < 4.78 is 0. The molecule has 0 spiro atoms. The number of nitrogens with zero attached hydrogens (tertiary/aromatic N) is 3. The average Bonchev–Trinajstić information content (AvgIpc) is 2.59. The Morgan fingerprint density at radius 2 is 1.87 bits per heavy atom. The van der Waals surface area contributed by atoms with E-state index >= 15 is 0 Å². The molecule has 1 aromatic carbocycles. The van der Waals surface area contributed by atoms with Gasteiger partial charge < -0.3 is 15.1 Å². The van der Waals surface area contributed by atoms with Crippen LogP contribution in [-0.2, 0) is 0 Å². The Morgan fingerprint density at radius 1 is 1.22 bits per heavy atom. The number of anilines is 1. The van der Waals surface area contributed by atoms with Crippen LogP contribution in [0.15, 0.2) is 35.3 Å². The van der Waals surface area contributed by atoms with E-state index in [1.807, 2.05) is 11.8 Å². The molecule has 0 aliphatic carbocycles. The Bertz CT molecular complexity index is 461. The Hall–Kier alpha value is -0.630. The van der Waals surface area contributed by atoms with Crippen molar-refractivity contribution >= 4 is 47.4 Å². The van der Waals surface area contributed by atoms with Crippen LogP contribution in [0.5, 0.6) is 0 Å². The fourth-order valence-corrected chi connectivity index (χ4v) is 2.75. The zero-order chi connectivity index (χ0) is 15.8. The Labute approximate surface area is 162 Å². The standard InChI is InChI=1S/C17H28N4S.HI/c1-4-18-17(19-14-15(2)22-3)21-12-10-20(11-13-21)16-8-6-5-7-9-16;/h5-9,15H,4,10-14H2,1-3H3,(H,18,19);1H. The summed E-state index contributed by atoms with van der Waals surface area (Å²) in [6.07, 6.45) is 2.14. The molecule has 1 fully saturated rings. The highest BCUT2D eigenvalue weighted by Crippen LogP contribution is 2.15. The van der Waals surface area contributed by atoms with Gasteiger partial charge in [-0.1, -0.05) is 25.1 Å². The molecule has 0 bridgehead atoms. The maximum absolute atomic E-state index is 4.80. The number of halogens is 1. The van der Waals surface area contributed by atoms with Gasteiger partial charge in [-0.15, -0.1) is 24.0 Å². The summed E-state index contributed by atoms with van der Waals surface area (Å²) in [5, 5.41) is 4.00. The Morgan fingerprint density at radius 3 is 2.43 bits per heavy atom. The van der Waals surface area contributed by atoms with E-state index < -0.39 is 0 Å². The van der Waals surface area contributed by atoms with E-state index in [9.17, 15) is 0 Å². The van der Waals surface area contributed by atoms with Crippen molar-refractivity contribution in [1.29, 1.82) is 0 Å². The molecule has 1 aliphatic rings. The lowest BCUT2D eigenvalue weighted by Crippen LogP contribution is -2.52. The monoisotopic (exact) mass is 448 g/mol. The lowest BCUT2D eigenvalue weighted by Gasteiger charge is -2.37. The maximum Gasteiger partial charge on any atom is 0.194 e. The third-order valence-electron chi connectivity index (χ3n) is 3.94. The molecule has 23 heavy (non-hydrogen) atoms. The van der Waals surface area contributed by atoms with Crippen LogP contribution in [0.4, 0.5) is 5.69 Å². The van der Waals surface area contributed by atoms with Crippen molar-refractivity contribution < 1.29 is 0 Å². The van der Waals surface area contributed by atoms with E-state index in [0.717, 1.165) is 45.2 Å². The number of benzene rings is 1. The van der Waals surface area contributed by atoms with Gasteiger partial charge in [0.1, 0.15) is 0 Å². The highest BCUT2D eigenvalue weighted by molar-refractivity contribution is 14.0. The van der Waals surface area contributed by atoms with Crippen LogP contribution in [0.25, 0.3) is 0 Å². The summed E-state index contributed by atoms with van der Waals surface area (Å²) in [7, 11) is 0. The molecule has 1 aromatic rings. The van der Waals surface area contributed by atoms with Gasteiger partial charge in [-0.25, -0.2) is 0 Å². The smallest absolute Gasteiger partial charge is 0.194 e. The summed E-state index contributed by atoms with van der Waals surface area (Å²) in [5.41, 5.74) is 1.32. The zero-order valence-electron chi connectivity index (χ0n) is 14.4. The third-order valence-corrected chi connectivity index (χ3v) is 4.89. The van der Waals surface area contributed by atoms with Crippen molar-refractivity contribution in [2.75, 3.05) is 50.4 Å². The maximum atomic E-state index is 4.80. The quantitative estimate of drug-likeness (QED) is 0.426. The number of nitrogens with one attached hydrogen (secondary N) is 1. The van der Waals surface area contributed by atoms with Gasteiger partial charge in [0.25, 0.3) is 0 Å². The topological polar surface area (TPSA) is 30.9 Å². The second kappa shape index (κ2) is 11.0. The highest BCUT2D eigenvalue weighted by Gasteiger charge is 2.19. The van der Waals surface area contributed by atoms with Gasteiger partial charge in [0.05, 0.1) is 6.54 Å². The summed E-state index contributed by atoms with van der Waals surface area (Å²) in [5.74, 6) is 1.07. The van der Waals surface area contributed by atoms with Crippen molar-refractivity contribution in [3.8, 4) is 0 Å². The largest absolute Gasteiger partial charge is 0.368 e. The molecule has 4 nitrogen and oxygen atoms in total. The van der Waals surface area contributed by atoms with Gasteiger partial charge in [0.15, 0.2) is 5.96 Å². The van der Waals surface area contributed by atoms with E-state index in [1.165, 1.54) is 5.69 Å². The van der Waals surface area contributed by atoms with Crippen molar-refractivity contribution in [2.24, 2.45) is 4.99 Å². The van der Waals surface area contributed by atoms with Crippen molar-refractivity contribution in [2.45, 2.75) is 19.1 Å². The molecular weight excluding hydrogens is 419 g/mol. The number of hydrogen-bond donors (Lipinski definition) is 1. The summed E-state index contributed by atoms with van der Waals surface area (Å²) in [4.78, 5) is 9.63. The molecule has 130 valence electrons. The molecule has 1 unspecified atom stereocenters. The lowest BCUT2D eigenvalue weighted by molar-refractivity contribution is 0.372. The molecule has 0 amide bonds. The minimum absolute atomic E-state index is 0. The van der Waals surface area contributed by atoms with Crippen LogP contribution in [0.2, 0.25) is 0 Å². The van der Waals surface area contributed by atoms with Crippen LogP contribution < -0.4 is 10.2 Å². The first-order valence-electron chi connectivity index (χ1n) is 8.10. The molecule has 1 heterocycles. The SMILES string of the molecule is CCNC(=NCC(C)SC)N1CCN(c2ccccc2)CC1.I. The van der Waals surface area contributed by atoms with Gasteiger partial charge in [-0.2, -0.15) is 11.8 Å². The fourth-order valence-electron chi connectivity index (χ4n) is 2.53. The van der Waals surface area contributed by atoms with Gasteiger partial charge in [-0.3, -0.25) is 4.99 Å². The third kappa shape index (κ3) is 6.41. The average molecular weight is 448 g/mol. The van der Waals surface area contributed by atoms with E-state index in [2.05, 4.69) is 65.6 Å². The normalized spacial score (nSPS) is 16.7. The molecule has 0 radical (unpaired) electrons. The van der Waals surface area contributed by atoms with E-state index in [1.54, 1.807) is 0 Å². The minimum atomic E-state index is 0. The number of thioether (sulfide) groups is 1. The van der Waals surface area contributed by atoms with Crippen molar-refractivity contribution in [1.82, 2.24) is 10.2 Å². The minimum Gasteiger partial charge on any atom is -0.368 e. The number of rotatable bonds is 5. The molecule has 0 saturated carbocycles. The highest BCUT2D eigenvalue weighted by atomic mass is 127. The number of aliphatic imine (C=N–C) groups is 1. The predicted octanol–water partition coefficient (Wildman–Crippen LogP) is 3.14. The molecular formula is C17H29IN4S. The van der Waals surface area contributed by atoms with Crippen LogP contribution in [0.3, 0.4) is 0 Å². The molecule has 6 heteroatoms. The molecule has 1 aliphatic heterocycles. The second-order valence-corrected chi connectivity index (χ2v) is 6.83. The lowest BCUT2D eigenvalue weighted by atomic mass is 10.2. The molecule has 1 saturated heterocycles. The van der Waals surface area contributed by atoms with Crippen LogP contribution >= 0.6 is 35.7 Å². The first kappa shape index (κ1) is 20.4. The predicted molar refractivity (Wildman–Crippen MR) is 115 cm³/mol. The zero-order valence-corrected chi connectivity index (χ0v) is 17.5. The van der Waals surface area contributed by atoms with Gasteiger partial charge >= 0.3 is 0 Å². The number of para-hydroxylation sites is 1. The summed E-state index contributed by atoms with van der Waals surface area (Å²) >= 11 is 1.87. The van der Waals surface area contributed by atoms with E-state index in [-0.39, 0.29) is 24.0 Å². The number of guanidine groups is 1. The molecule has 1 atom stereocenters. The first-order valence-corrected chi connectivity index (χ1v) is 9.39. The number of piperazine rings is 1. The van der Waals surface area contributed by atoms with E-state index in [4.69, 9.17) is 4.99 Å². The van der Waals surface area contributed by atoms with Crippen molar-refractivity contribution in [3.63, 3.8) is 0 Å². The van der Waals surface area contributed by atoms with Crippen LogP contribution in [0.1, 0.15) is 13.8 Å². The molecule has 2 rings (SSSR count). The summed E-state index contributed by atoms with van der Waals surface area (Å²) in [6, 6.07) is 10.7. The van der Waals surface area contributed by atoms with Crippen LogP contribution in [0, 0.1) is 0 Å². The molecule has 0 aromatic heterocycles. The first-order chi connectivity index (χ1) is 10.7. The Balaban J connectivity index is 0.00000264. The van der Waals surface area contributed by atoms with E-state index in [0.29, 0.717) is 5.25 Å². The van der Waals surface area contributed by atoms with Gasteiger partial charge in [-0.05, 0) is 25.3 Å². The fraction of sp³-hybridized carbons (Fsp3) is 0.588. The van der Waals surface area contributed by atoms with Crippen LogP contribution in [-0.4, -0.2) is 61.6 Å².